The van der Waals surface area contributed by atoms with Crippen LogP contribution in [0, 0.1) is 0 Å². The standard InChI is InChI=1S/C44H27NOS/c1-2-14-30(15-3-1)45(38-21-10-13-28-12-4-5-16-31(28)38)39-27-37-43-32(20-11-22-40(43)46-44(37)35-19-7-6-17-33(35)39)29-24-25-42-36(26-29)34-18-8-9-23-41(34)47-42/h1-27H. The van der Waals surface area contributed by atoms with Gasteiger partial charge in [-0.2, -0.15) is 0 Å². The molecule has 0 aliphatic heterocycles. The van der Waals surface area contributed by atoms with Crippen molar-refractivity contribution in [2.45, 2.75) is 0 Å². The number of furan rings is 1. The van der Waals surface area contributed by atoms with Crippen LogP contribution in [0.1, 0.15) is 0 Å². The van der Waals surface area contributed by atoms with E-state index < -0.39 is 0 Å². The highest BCUT2D eigenvalue weighted by atomic mass is 32.1. The van der Waals surface area contributed by atoms with Gasteiger partial charge in [0.1, 0.15) is 11.2 Å². The van der Waals surface area contributed by atoms with Gasteiger partial charge >= 0.3 is 0 Å². The number of para-hydroxylation sites is 1. The average molecular weight is 618 g/mol. The molecule has 2 nitrogen and oxygen atoms in total. The van der Waals surface area contributed by atoms with Gasteiger partial charge in [0.25, 0.3) is 0 Å². The maximum absolute atomic E-state index is 6.77. The highest BCUT2D eigenvalue weighted by molar-refractivity contribution is 7.25. The Kier molecular flexibility index (Phi) is 5.78. The van der Waals surface area contributed by atoms with E-state index in [2.05, 4.69) is 169 Å². The van der Waals surface area contributed by atoms with Crippen LogP contribution in [0.2, 0.25) is 0 Å². The lowest BCUT2D eigenvalue weighted by Crippen LogP contribution is -2.11. The lowest BCUT2D eigenvalue weighted by Gasteiger charge is -2.28. The molecule has 8 aromatic carbocycles. The molecule has 220 valence electrons. The van der Waals surface area contributed by atoms with Crippen LogP contribution in [0.3, 0.4) is 0 Å². The summed E-state index contributed by atoms with van der Waals surface area (Å²) in [5.41, 5.74) is 7.55. The first-order chi connectivity index (χ1) is 23.3. The van der Waals surface area contributed by atoms with E-state index in [-0.39, 0.29) is 0 Å². The van der Waals surface area contributed by atoms with Gasteiger partial charge in [-0.25, -0.2) is 0 Å². The van der Waals surface area contributed by atoms with E-state index in [1.165, 1.54) is 42.1 Å². The number of hydrogen-bond donors (Lipinski definition) is 0. The van der Waals surface area contributed by atoms with Gasteiger partial charge in [-0.3, -0.25) is 0 Å². The van der Waals surface area contributed by atoms with Gasteiger partial charge in [-0.15, -0.1) is 11.3 Å². The molecule has 0 saturated heterocycles. The van der Waals surface area contributed by atoms with Crippen molar-refractivity contribution in [1.29, 1.82) is 0 Å². The van der Waals surface area contributed by atoms with Gasteiger partial charge in [0, 0.05) is 52.8 Å². The average Bonchev–Trinajstić information content (AvgIpc) is 3.71. The number of anilines is 3. The van der Waals surface area contributed by atoms with Crippen LogP contribution in [0.25, 0.3) is 74.8 Å². The highest BCUT2D eigenvalue weighted by Crippen LogP contribution is 2.48. The third-order valence-corrected chi connectivity index (χ3v) is 10.6. The summed E-state index contributed by atoms with van der Waals surface area (Å²) in [5.74, 6) is 0. The Bertz CT molecular complexity index is 2800. The first kappa shape index (κ1) is 26.3. The summed E-state index contributed by atoms with van der Waals surface area (Å²) in [6.45, 7) is 0. The highest BCUT2D eigenvalue weighted by Gasteiger charge is 2.22. The molecule has 2 heterocycles. The van der Waals surface area contributed by atoms with E-state index in [1.807, 2.05) is 11.3 Å². The fourth-order valence-corrected chi connectivity index (χ4v) is 8.42. The van der Waals surface area contributed by atoms with Crippen LogP contribution < -0.4 is 4.90 Å². The number of nitrogens with zero attached hydrogens (tertiary/aromatic N) is 1. The van der Waals surface area contributed by atoms with Gasteiger partial charge < -0.3 is 9.32 Å². The molecule has 0 N–H and O–H groups in total. The molecule has 0 aliphatic rings. The molecule has 10 aromatic rings. The third kappa shape index (κ3) is 4.04. The summed E-state index contributed by atoms with van der Waals surface area (Å²) in [7, 11) is 0. The number of benzene rings is 8. The van der Waals surface area contributed by atoms with E-state index in [0.717, 1.165) is 49.8 Å². The summed E-state index contributed by atoms with van der Waals surface area (Å²) >= 11 is 1.85. The second kappa shape index (κ2) is 10.3. The van der Waals surface area contributed by atoms with E-state index in [9.17, 15) is 0 Å². The molecule has 47 heavy (non-hydrogen) atoms. The Morgan fingerprint density at radius 2 is 1.15 bits per heavy atom. The van der Waals surface area contributed by atoms with Gasteiger partial charge in [-0.1, -0.05) is 115 Å². The largest absolute Gasteiger partial charge is 0.455 e. The summed E-state index contributed by atoms with van der Waals surface area (Å²) in [6.07, 6.45) is 0. The Morgan fingerprint density at radius 3 is 2.04 bits per heavy atom. The first-order valence-corrected chi connectivity index (χ1v) is 16.7. The summed E-state index contributed by atoms with van der Waals surface area (Å²) in [4.78, 5) is 2.41. The zero-order chi connectivity index (χ0) is 30.9. The van der Waals surface area contributed by atoms with Crippen LogP contribution in [0.5, 0.6) is 0 Å². The Balaban J connectivity index is 1.30. The maximum atomic E-state index is 6.77. The van der Waals surface area contributed by atoms with Crippen LogP contribution in [0.15, 0.2) is 168 Å². The summed E-state index contributed by atoms with van der Waals surface area (Å²) in [6, 6.07) is 58.9. The molecule has 0 atom stereocenters. The summed E-state index contributed by atoms with van der Waals surface area (Å²) < 4.78 is 9.39. The van der Waals surface area contributed by atoms with Crippen LogP contribution >= 0.6 is 11.3 Å². The van der Waals surface area contributed by atoms with E-state index in [0.29, 0.717) is 0 Å². The van der Waals surface area contributed by atoms with Crippen molar-refractivity contribution in [3.63, 3.8) is 0 Å². The van der Waals surface area contributed by atoms with Crippen molar-refractivity contribution in [3.05, 3.63) is 164 Å². The zero-order valence-corrected chi connectivity index (χ0v) is 26.2. The van der Waals surface area contributed by atoms with Crippen molar-refractivity contribution < 1.29 is 4.42 Å². The van der Waals surface area contributed by atoms with Gasteiger partial charge in [-0.05, 0) is 65.0 Å². The molecule has 2 aromatic heterocycles. The minimum Gasteiger partial charge on any atom is -0.455 e. The zero-order valence-electron chi connectivity index (χ0n) is 25.4. The van der Waals surface area contributed by atoms with E-state index in [1.54, 1.807) is 0 Å². The van der Waals surface area contributed by atoms with Crippen molar-refractivity contribution in [2.24, 2.45) is 0 Å². The lowest BCUT2D eigenvalue weighted by atomic mass is 9.96. The van der Waals surface area contributed by atoms with Gasteiger partial charge in [0.2, 0.25) is 0 Å². The number of hydrogen-bond acceptors (Lipinski definition) is 3. The normalized spacial score (nSPS) is 11.8. The molecule has 0 amide bonds. The Morgan fingerprint density at radius 1 is 0.447 bits per heavy atom. The monoisotopic (exact) mass is 617 g/mol. The fraction of sp³-hybridized carbons (Fsp3) is 0. The molecule has 0 spiro atoms. The lowest BCUT2D eigenvalue weighted by molar-refractivity contribution is 0.673. The molecular weight excluding hydrogens is 591 g/mol. The molecule has 0 unspecified atom stereocenters. The second-order valence-corrected chi connectivity index (χ2v) is 13.2. The predicted molar refractivity (Wildman–Crippen MR) is 202 cm³/mol. The smallest absolute Gasteiger partial charge is 0.143 e. The van der Waals surface area contributed by atoms with Crippen molar-refractivity contribution >= 4 is 92.1 Å². The Labute approximate surface area is 275 Å². The maximum Gasteiger partial charge on any atom is 0.143 e. The quantitative estimate of drug-likeness (QED) is 0.195. The fourth-order valence-electron chi connectivity index (χ4n) is 7.34. The van der Waals surface area contributed by atoms with Crippen LogP contribution in [-0.2, 0) is 0 Å². The topological polar surface area (TPSA) is 16.4 Å². The van der Waals surface area contributed by atoms with Crippen molar-refractivity contribution in [3.8, 4) is 11.1 Å². The van der Waals surface area contributed by atoms with Crippen LogP contribution in [-0.4, -0.2) is 0 Å². The van der Waals surface area contributed by atoms with E-state index >= 15 is 0 Å². The minimum absolute atomic E-state index is 0.895. The second-order valence-electron chi connectivity index (χ2n) is 12.1. The molecule has 0 saturated carbocycles. The molecule has 0 aliphatic carbocycles. The molecule has 0 radical (unpaired) electrons. The van der Waals surface area contributed by atoms with E-state index in [4.69, 9.17) is 4.42 Å². The summed E-state index contributed by atoms with van der Waals surface area (Å²) in [5, 5.41) is 9.51. The molecule has 0 bridgehead atoms. The first-order valence-electron chi connectivity index (χ1n) is 15.9. The van der Waals surface area contributed by atoms with Crippen LogP contribution in [0.4, 0.5) is 17.1 Å². The van der Waals surface area contributed by atoms with Gasteiger partial charge in [0.05, 0.1) is 11.4 Å². The molecular formula is C44H27NOS. The molecule has 3 heteroatoms. The SMILES string of the molecule is c1ccc(N(c2cccc3ccccc23)c2cc3c(oc4cccc(-c5ccc6sc7ccccc7c6c5)c43)c3ccccc23)cc1. The minimum atomic E-state index is 0.895. The molecule has 10 rings (SSSR count). The van der Waals surface area contributed by atoms with Gasteiger partial charge in [0.15, 0.2) is 0 Å². The van der Waals surface area contributed by atoms with Crippen molar-refractivity contribution in [1.82, 2.24) is 0 Å². The third-order valence-electron chi connectivity index (χ3n) is 9.43. The number of rotatable bonds is 4. The number of fused-ring (bicyclic) bond motifs is 9. The predicted octanol–water partition coefficient (Wildman–Crippen LogP) is 13.4. The van der Waals surface area contributed by atoms with Crippen molar-refractivity contribution in [2.75, 3.05) is 4.90 Å². The molecule has 0 fully saturated rings. The number of thiophene rings is 1. The Hall–Kier alpha value is -5.90.